The van der Waals surface area contributed by atoms with Crippen molar-refractivity contribution < 1.29 is 19.4 Å². The van der Waals surface area contributed by atoms with Crippen molar-refractivity contribution in [3.05, 3.63) is 0 Å². The molecular formula is C10H17NO4. The molecule has 1 aliphatic heterocycles. The lowest BCUT2D eigenvalue weighted by Gasteiger charge is -2.25. The highest BCUT2D eigenvalue weighted by Crippen LogP contribution is 2.20. The van der Waals surface area contributed by atoms with E-state index in [4.69, 9.17) is 9.84 Å². The van der Waals surface area contributed by atoms with E-state index >= 15 is 0 Å². The molecule has 1 aliphatic rings. The Bertz CT molecular complexity index is 269. The van der Waals surface area contributed by atoms with Crippen LogP contribution in [-0.2, 0) is 9.53 Å². The van der Waals surface area contributed by atoms with Gasteiger partial charge >= 0.3 is 12.1 Å². The first-order chi connectivity index (χ1) is 6.81. The minimum Gasteiger partial charge on any atom is -0.465 e. The summed E-state index contributed by atoms with van der Waals surface area (Å²) in [6.07, 6.45) is 0.223. The first-order valence-corrected chi connectivity index (χ1v) is 5.04. The van der Waals surface area contributed by atoms with Crippen LogP contribution in [0.1, 0.15) is 33.6 Å². The summed E-state index contributed by atoms with van der Waals surface area (Å²) in [4.78, 5) is 23.6. The molecule has 0 aromatic heterocycles. The fourth-order valence-corrected chi connectivity index (χ4v) is 1.61. The van der Waals surface area contributed by atoms with Crippen LogP contribution in [0.2, 0.25) is 0 Å². The van der Waals surface area contributed by atoms with Crippen molar-refractivity contribution in [2.45, 2.75) is 45.3 Å². The smallest absolute Gasteiger partial charge is 0.408 e. The van der Waals surface area contributed by atoms with Crippen LogP contribution in [0.3, 0.4) is 0 Å². The van der Waals surface area contributed by atoms with E-state index < -0.39 is 23.7 Å². The zero-order chi connectivity index (χ0) is 11.6. The summed E-state index contributed by atoms with van der Waals surface area (Å²) < 4.78 is 5.16. The number of likely N-dealkylation sites (tertiary alicyclic amines) is 1. The van der Waals surface area contributed by atoms with E-state index in [0.717, 1.165) is 11.3 Å². The highest BCUT2D eigenvalue weighted by Gasteiger charge is 2.36. The lowest BCUT2D eigenvalue weighted by Crippen LogP contribution is -2.42. The molecule has 5 heteroatoms. The molecule has 0 saturated carbocycles. The maximum absolute atomic E-state index is 11.6. The molecule has 1 atom stereocenters. The molecule has 0 spiro atoms. The van der Waals surface area contributed by atoms with Crippen LogP contribution >= 0.6 is 0 Å². The topological polar surface area (TPSA) is 66.8 Å². The average molecular weight is 215 g/mol. The minimum atomic E-state index is -1.05. The third-order valence-corrected chi connectivity index (χ3v) is 2.18. The molecule has 86 valence electrons. The van der Waals surface area contributed by atoms with Crippen molar-refractivity contribution in [2.24, 2.45) is 0 Å². The summed E-state index contributed by atoms with van der Waals surface area (Å²) in [6.45, 7) is 5.72. The van der Waals surface area contributed by atoms with Crippen molar-refractivity contribution in [2.75, 3.05) is 6.54 Å². The monoisotopic (exact) mass is 215 g/mol. The number of carbonyl (C=O) groups is 2. The Balaban J connectivity index is 2.63. The summed E-state index contributed by atoms with van der Waals surface area (Å²) in [6, 6.07) is -0.623. The van der Waals surface area contributed by atoms with Gasteiger partial charge in [0.25, 0.3) is 0 Å². The summed E-state index contributed by atoms with van der Waals surface area (Å²) >= 11 is 0. The number of amides is 1. The number of carbonyl (C=O) groups excluding carboxylic acids is 1. The number of ether oxygens (including phenoxy) is 1. The maximum Gasteiger partial charge on any atom is 0.408 e. The van der Waals surface area contributed by atoms with Gasteiger partial charge in [0.2, 0.25) is 0 Å². The molecule has 1 unspecified atom stereocenters. The van der Waals surface area contributed by atoms with E-state index in [9.17, 15) is 9.59 Å². The summed E-state index contributed by atoms with van der Waals surface area (Å²) in [5.74, 6) is -0.442. The van der Waals surface area contributed by atoms with Crippen LogP contribution in [0.15, 0.2) is 0 Å². The first kappa shape index (κ1) is 11.8. The number of hydrogen-bond donors (Lipinski definition) is 1. The quantitative estimate of drug-likeness (QED) is 0.672. The van der Waals surface area contributed by atoms with Crippen molar-refractivity contribution in [3.8, 4) is 0 Å². The Kier molecular flexibility index (Phi) is 3.21. The van der Waals surface area contributed by atoms with Gasteiger partial charge in [-0.1, -0.05) is 0 Å². The van der Waals surface area contributed by atoms with Gasteiger partial charge in [-0.2, -0.15) is 0 Å². The third-order valence-electron chi connectivity index (χ3n) is 2.18. The van der Waals surface area contributed by atoms with E-state index in [0.29, 0.717) is 13.0 Å². The molecule has 0 bridgehead atoms. The van der Waals surface area contributed by atoms with E-state index in [1.54, 1.807) is 20.8 Å². The summed E-state index contributed by atoms with van der Waals surface area (Å²) in [5, 5.41) is 8.85. The number of nitrogens with zero attached hydrogens (tertiary/aromatic N) is 1. The summed E-state index contributed by atoms with van der Waals surface area (Å²) in [7, 11) is 0. The van der Waals surface area contributed by atoms with Crippen molar-refractivity contribution in [3.63, 3.8) is 0 Å². The highest BCUT2D eigenvalue weighted by molar-refractivity contribution is 5.81. The van der Waals surface area contributed by atoms with Gasteiger partial charge in [-0.25, -0.2) is 9.59 Å². The summed E-state index contributed by atoms with van der Waals surface area (Å²) in [5.41, 5.74) is -0.566. The molecule has 0 aromatic carbocycles. The molecule has 1 heterocycles. The van der Waals surface area contributed by atoms with Gasteiger partial charge in [-0.15, -0.1) is 0 Å². The Hall–Kier alpha value is -1.26. The Morgan fingerprint density at radius 3 is 2.47 bits per heavy atom. The largest absolute Gasteiger partial charge is 0.465 e. The molecule has 1 rings (SSSR count). The van der Waals surface area contributed by atoms with Crippen LogP contribution < -0.4 is 0 Å². The second-order valence-electron chi connectivity index (χ2n) is 4.67. The van der Waals surface area contributed by atoms with Gasteiger partial charge in [0.1, 0.15) is 11.6 Å². The number of rotatable bonds is 1. The lowest BCUT2D eigenvalue weighted by atomic mass is 10.1. The maximum atomic E-state index is 11.6. The molecule has 1 N–H and O–H groups in total. The SMILES string of the molecule is CC(C)(C)OC(=O)C1CCCN1C(=O)O. The molecule has 15 heavy (non-hydrogen) atoms. The molecule has 0 radical (unpaired) electrons. The van der Waals surface area contributed by atoms with E-state index in [2.05, 4.69) is 0 Å². The van der Waals surface area contributed by atoms with Crippen molar-refractivity contribution >= 4 is 12.1 Å². The lowest BCUT2D eigenvalue weighted by molar-refractivity contribution is -0.159. The fourth-order valence-electron chi connectivity index (χ4n) is 1.61. The molecule has 1 fully saturated rings. The molecular weight excluding hydrogens is 198 g/mol. The number of esters is 1. The van der Waals surface area contributed by atoms with Crippen molar-refractivity contribution in [1.82, 2.24) is 4.90 Å². The first-order valence-electron chi connectivity index (χ1n) is 5.04. The van der Waals surface area contributed by atoms with Gasteiger partial charge in [-0.3, -0.25) is 4.90 Å². The second-order valence-corrected chi connectivity index (χ2v) is 4.67. The second kappa shape index (κ2) is 4.08. The average Bonchev–Trinajstić information content (AvgIpc) is 2.47. The van der Waals surface area contributed by atoms with Gasteiger partial charge in [-0.05, 0) is 33.6 Å². The Morgan fingerprint density at radius 1 is 1.40 bits per heavy atom. The van der Waals surface area contributed by atoms with Crippen LogP contribution in [0, 0.1) is 0 Å². The number of carboxylic acid groups (broad SMARTS) is 1. The van der Waals surface area contributed by atoms with Crippen LogP contribution in [0.25, 0.3) is 0 Å². The predicted molar refractivity (Wildman–Crippen MR) is 53.6 cm³/mol. The normalized spacial score (nSPS) is 21.5. The zero-order valence-corrected chi connectivity index (χ0v) is 9.32. The highest BCUT2D eigenvalue weighted by atomic mass is 16.6. The van der Waals surface area contributed by atoms with Crippen LogP contribution in [0.4, 0.5) is 4.79 Å². The molecule has 1 saturated heterocycles. The molecule has 0 aromatic rings. The predicted octanol–water partition coefficient (Wildman–Crippen LogP) is 1.47. The van der Waals surface area contributed by atoms with Gasteiger partial charge in [0, 0.05) is 6.54 Å². The van der Waals surface area contributed by atoms with Crippen molar-refractivity contribution in [1.29, 1.82) is 0 Å². The van der Waals surface area contributed by atoms with Gasteiger partial charge in [0.05, 0.1) is 0 Å². The van der Waals surface area contributed by atoms with Gasteiger partial charge < -0.3 is 9.84 Å². The van der Waals surface area contributed by atoms with E-state index in [1.165, 1.54) is 0 Å². The van der Waals surface area contributed by atoms with E-state index in [1.807, 2.05) is 0 Å². The minimum absolute atomic E-state index is 0.416. The number of hydrogen-bond acceptors (Lipinski definition) is 3. The van der Waals surface area contributed by atoms with Gasteiger partial charge in [0.15, 0.2) is 0 Å². The molecule has 1 amide bonds. The third kappa shape index (κ3) is 3.11. The Morgan fingerprint density at radius 2 is 2.00 bits per heavy atom. The van der Waals surface area contributed by atoms with Crippen LogP contribution in [0.5, 0.6) is 0 Å². The Labute approximate surface area is 89.0 Å². The van der Waals surface area contributed by atoms with Crippen LogP contribution in [-0.4, -0.2) is 40.3 Å². The zero-order valence-electron chi connectivity index (χ0n) is 9.32. The van der Waals surface area contributed by atoms with E-state index in [-0.39, 0.29) is 0 Å². The molecule has 0 aliphatic carbocycles. The fraction of sp³-hybridized carbons (Fsp3) is 0.800. The standard InChI is InChI=1S/C10H17NO4/c1-10(2,3)15-8(12)7-5-4-6-11(7)9(13)14/h7H,4-6H2,1-3H3,(H,13,14). The molecule has 5 nitrogen and oxygen atoms in total.